The average molecular weight is 375 g/mol. The minimum atomic E-state index is 0. The Morgan fingerprint density at radius 1 is 1.00 bits per heavy atom. The molecule has 3 aromatic rings. The van der Waals surface area contributed by atoms with E-state index in [4.69, 9.17) is 5.73 Å². The first-order chi connectivity index (χ1) is 11.8. The van der Waals surface area contributed by atoms with Crippen molar-refractivity contribution in [2.45, 2.75) is 12.8 Å². The zero-order valence-corrected chi connectivity index (χ0v) is 15.7. The van der Waals surface area contributed by atoms with E-state index in [9.17, 15) is 4.79 Å². The highest BCUT2D eigenvalue weighted by Gasteiger charge is 2.15. The molecule has 0 fully saturated rings. The molecule has 0 unspecified atom stereocenters. The Morgan fingerprint density at radius 2 is 1.72 bits per heavy atom. The number of halogens is 1. The highest BCUT2D eigenvalue weighted by molar-refractivity contribution is 7.17. The van der Waals surface area contributed by atoms with Gasteiger partial charge >= 0.3 is 0 Å². The highest BCUT2D eigenvalue weighted by atomic mass is 35.5. The van der Waals surface area contributed by atoms with Crippen LogP contribution >= 0.6 is 23.7 Å². The van der Waals surface area contributed by atoms with E-state index in [-0.39, 0.29) is 18.3 Å². The van der Waals surface area contributed by atoms with Crippen LogP contribution in [0, 0.1) is 0 Å². The maximum atomic E-state index is 12.7. The van der Waals surface area contributed by atoms with Gasteiger partial charge in [0.25, 0.3) is 0 Å². The summed E-state index contributed by atoms with van der Waals surface area (Å²) in [6.07, 6.45) is 1.30. The van der Waals surface area contributed by atoms with Gasteiger partial charge in [0, 0.05) is 24.3 Å². The molecule has 3 nitrogen and oxygen atoms in total. The lowest BCUT2D eigenvalue weighted by Gasteiger charge is -2.22. The van der Waals surface area contributed by atoms with E-state index in [2.05, 4.69) is 29.6 Å². The Bertz CT molecular complexity index is 804. The van der Waals surface area contributed by atoms with Gasteiger partial charge in [0.15, 0.2) is 0 Å². The van der Waals surface area contributed by atoms with Crippen LogP contribution in [0.2, 0.25) is 0 Å². The molecule has 1 aromatic heterocycles. The van der Waals surface area contributed by atoms with Crippen LogP contribution in [0.5, 0.6) is 0 Å². The lowest BCUT2D eigenvalue weighted by atomic mass is 10.1. The largest absolute Gasteiger partial charge is 0.341 e. The van der Waals surface area contributed by atoms with Crippen LogP contribution in [0.15, 0.2) is 60.0 Å². The number of nitrogens with two attached hydrogens (primary N) is 1. The van der Waals surface area contributed by atoms with E-state index in [0.29, 0.717) is 26.1 Å². The fourth-order valence-corrected chi connectivity index (χ4v) is 3.83. The predicted octanol–water partition coefficient (Wildman–Crippen LogP) is 3.90. The fourth-order valence-electron chi connectivity index (χ4n) is 2.87. The first-order valence-electron chi connectivity index (χ1n) is 8.25. The lowest BCUT2D eigenvalue weighted by Crippen LogP contribution is -2.37. The maximum absolute atomic E-state index is 12.7. The van der Waals surface area contributed by atoms with E-state index in [0.717, 1.165) is 12.0 Å². The quantitative estimate of drug-likeness (QED) is 0.681. The van der Waals surface area contributed by atoms with Crippen LogP contribution in [0.3, 0.4) is 0 Å². The van der Waals surface area contributed by atoms with E-state index < -0.39 is 0 Å². The summed E-state index contributed by atoms with van der Waals surface area (Å²) in [7, 11) is 0. The van der Waals surface area contributed by atoms with Gasteiger partial charge in [-0.15, -0.1) is 23.7 Å². The van der Waals surface area contributed by atoms with Crippen molar-refractivity contribution in [3.8, 4) is 0 Å². The first-order valence-corrected chi connectivity index (χ1v) is 9.13. The van der Waals surface area contributed by atoms with Gasteiger partial charge in [0.05, 0.1) is 6.42 Å². The van der Waals surface area contributed by atoms with Crippen molar-refractivity contribution in [1.29, 1.82) is 0 Å². The molecule has 0 saturated heterocycles. The number of carbonyl (C=O) groups excluding carboxylic acids is 1. The Kier molecular flexibility index (Phi) is 7.44. The molecule has 0 aliphatic carbocycles. The van der Waals surface area contributed by atoms with E-state index in [1.54, 1.807) is 11.3 Å². The molecule has 0 aliphatic rings. The van der Waals surface area contributed by atoms with Crippen molar-refractivity contribution in [3.05, 3.63) is 71.1 Å². The summed E-state index contributed by atoms with van der Waals surface area (Å²) in [5.41, 5.74) is 8.07. The van der Waals surface area contributed by atoms with Crippen LogP contribution in [-0.4, -0.2) is 30.4 Å². The van der Waals surface area contributed by atoms with Gasteiger partial charge < -0.3 is 10.6 Å². The monoisotopic (exact) mass is 374 g/mol. The minimum absolute atomic E-state index is 0. The smallest absolute Gasteiger partial charge is 0.227 e. The number of fused-ring (bicyclic) bond motifs is 1. The molecule has 25 heavy (non-hydrogen) atoms. The molecular weight excluding hydrogens is 352 g/mol. The van der Waals surface area contributed by atoms with Crippen LogP contribution in [-0.2, 0) is 17.6 Å². The lowest BCUT2D eigenvalue weighted by molar-refractivity contribution is -0.130. The van der Waals surface area contributed by atoms with Gasteiger partial charge in [0.2, 0.25) is 5.91 Å². The SMILES string of the molecule is Cl.NCCN(CCc1ccccc1)C(=O)Cc1csc2ccccc12. The Balaban J connectivity index is 0.00000225. The zero-order chi connectivity index (χ0) is 16.8. The molecule has 0 aliphatic heterocycles. The van der Waals surface area contributed by atoms with E-state index in [1.165, 1.54) is 15.6 Å². The molecule has 0 bridgehead atoms. The number of thiophene rings is 1. The van der Waals surface area contributed by atoms with Crippen molar-refractivity contribution in [1.82, 2.24) is 4.90 Å². The van der Waals surface area contributed by atoms with Crippen molar-refractivity contribution >= 4 is 39.7 Å². The van der Waals surface area contributed by atoms with Gasteiger partial charge in [-0.25, -0.2) is 0 Å². The van der Waals surface area contributed by atoms with Gasteiger partial charge in [-0.05, 0) is 34.4 Å². The summed E-state index contributed by atoms with van der Waals surface area (Å²) in [4.78, 5) is 14.6. The first kappa shape index (κ1) is 19.4. The van der Waals surface area contributed by atoms with Gasteiger partial charge in [0.1, 0.15) is 0 Å². The fraction of sp³-hybridized carbons (Fsp3) is 0.250. The van der Waals surface area contributed by atoms with Crippen LogP contribution in [0.25, 0.3) is 10.1 Å². The second kappa shape index (κ2) is 9.56. The standard InChI is InChI=1S/C20H22N2OS.ClH/c21-11-13-22(12-10-16-6-2-1-3-7-16)20(23)14-17-15-24-19-9-5-4-8-18(17)19;/h1-9,15H,10-14,21H2;1H. The molecule has 0 saturated carbocycles. The van der Waals surface area contributed by atoms with Crippen molar-refractivity contribution < 1.29 is 4.79 Å². The topological polar surface area (TPSA) is 46.3 Å². The third-order valence-electron chi connectivity index (χ3n) is 4.17. The molecule has 1 amide bonds. The summed E-state index contributed by atoms with van der Waals surface area (Å²) in [5, 5.41) is 3.28. The second-order valence-corrected chi connectivity index (χ2v) is 6.75. The molecule has 1 heterocycles. The summed E-state index contributed by atoms with van der Waals surface area (Å²) in [6, 6.07) is 18.5. The number of hydrogen-bond donors (Lipinski definition) is 1. The second-order valence-electron chi connectivity index (χ2n) is 5.84. The highest BCUT2D eigenvalue weighted by Crippen LogP contribution is 2.26. The Hall–Kier alpha value is -1.88. The maximum Gasteiger partial charge on any atom is 0.227 e. The summed E-state index contributed by atoms with van der Waals surface area (Å²) >= 11 is 1.70. The van der Waals surface area contributed by atoms with E-state index in [1.807, 2.05) is 35.2 Å². The molecule has 2 N–H and O–H groups in total. The molecule has 0 radical (unpaired) electrons. The van der Waals surface area contributed by atoms with Crippen LogP contribution in [0.1, 0.15) is 11.1 Å². The number of amides is 1. The van der Waals surface area contributed by atoms with Gasteiger partial charge in [-0.2, -0.15) is 0 Å². The third-order valence-corrected chi connectivity index (χ3v) is 5.18. The summed E-state index contributed by atoms with van der Waals surface area (Å²) in [6.45, 7) is 1.81. The average Bonchev–Trinajstić information content (AvgIpc) is 3.02. The zero-order valence-electron chi connectivity index (χ0n) is 14.1. The summed E-state index contributed by atoms with van der Waals surface area (Å²) < 4.78 is 1.23. The number of carbonyl (C=O) groups is 1. The molecule has 132 valence electrons. The van der Waals surface area contributed by atoms with Gasteiger partial charge in [-0.1, -0.05) is 48.5 Å². The molecule has 5 heteroatoms. The van der Waals surface area contributed by atoms with Crippen LogP contribution < -0.4 is 5.73 Å². The predicted molar refractivity (Wildman–Crippen MR) is 109 cm³/mol. The van der Waals surface area contributed by atoms with Crippen molar-refractivity contribution in [2.24, 2.45) is 5.73 Å². The number of rotatable bonds is 7. The molecule has 3 rings (SSSR count). The number of benzene rings is 2. The molecule has 0 atom stereocenters. The van der Waals surface area contributed by atoms with E-state index >= 15 is 0 Å². The third kappa shape index (κ3) is 5.05. The Morgan fingerprint density at radius 3 is 2.48 bits per heavy atom. The molecule has 0 spiro atoms. The molecular formula is C20H23ClN2OS. The van der Waals surface area contributed by atoms with Crippen molar-refractivity contribution in [3.63, 3.8) is 0 Å². The Labute approximate surface area is 158 Å². The number of hydrogen-bond acceptors (Lipinski definition) is 3. The van der Waals surface area contributed by atoms with Crippen molar-refractivity contribution in [2.75, 3.05) is 19.6 Å². The number of nitrogens with zero attached hydrogens (tertiary/aromatic N) is 1. The normalized spacial score (nSPS) is 10.4. The van der Waals surface area contributed by atoms with Gasteiger partial charge in [-0.3, -0.25) is 4.79 Å². The van der Waals surface area contributed by atoms with Crippen LogP contribution in [0.4, 0.5) is 0 Å². The molecule has 2 aromatic carbocycles. The summed E-state index contributed by atoms with van der Waals surface area (Å²) in [5.74, 6) is 0.153. The minimum Gasteiger partial charge on any atom is -0.341 e.